The molecule has 0 saturated carbocycles. The molecule has 2 aromatic rings. The zero-order valence-corrected chi connectivity index (χ0v) is 11.5. The van der Waals surface area contributed by atoms with Crippen LogP contribution in [0.4, 0.5) is 5.82 Å². The molecule has 1 N–H and O–H groups in total. The molecule has 0 unspecified atom stereocenters. The van der Waals surface area contributed by atoms with E-state index in [0.717, 1.165) is 24.3 Å². The van der Waals surface area contributed by atoms with Crippen LogP contribution in [0.1, 0.15) is 37.6 Å². The Morgan fingerprint density at radius 3 is 2.83 bits per heavy atom. The van der Waals surface area contributed by atoms with Crippen molar-refractivity contribution in [1.29, 1.82) is 0 Å². The maximum absolute atomic E-state index is 4.38. The SMILES string of the molecule is CC[C@@H](C)n1nccc1CNc1nn(C)cc1C. The zero-order valence-electron chi connectivity index (χ0n) is 11.5. The summed E-state index contributed by atoms with van der Waals surface area (Å²) in [6, 6.07) is 2.49. The van der Waals surface area contributed by atoms with Crippen LogP contribution in [0.25, 0.3) is 0 Å². The predicted octanol–water partition coefficient (Wildman–Crippen LogP) is 2.51. The molecular formula is C13H21N5. The van der Waals surface area contributed by atoms with E-state index in [0.29, 0.717) is 6.04 Å². The number of rotatable bonds is 5. The molecule has 0 aromatic carbocycles. The Labute approximate surface area is 108 Å². The quantitative estimate of drug-likeness (QED) is 0.883. The molecule has 5 nitrogen and oxygen atoms in total. The van der Waals surface area contributed by atoms with Crippen LogP contribution in [-0.2, 0) is 13.6 Å². The zero-order chi connectivity index (χ0) is 13.1. The van der Waals surface area contributed by atoms with E-state index >= 15 is 0 Å². The Morgan fingerprint density at radius 1 is 1.44 bits per heavy atom. The summed E-state index contributed by atoms with van der Waals surface area (Å²) < 4.78 is 3.90. The first-order valence-corrected chi connectivity index (χ1v) is 6.38. The minimum absolute atomic E-state index is 0.432. The topological polar surface area (TPSA) is 47.7 Å². The standard InChI is InChI=1S/C13H21N5/c1-5-11(3)18-12(6-7-15-18)8-14-13-10(2)9-17(4)16-13/h6-7,9,11H,5,8H2,1-4H3,(H,14,16)/t11-/m1/s1. The number of nitrogens with zero attached hydrogens (tertiary/aromatic N) is 4. The Kier molecular flexibility index (Phi) is 3.69. The molecule has 0 aliphatic carbocycles. The molecule has 98 valence electrons. The van der Waals surface area contributed by atoms with E-state index in [1.807, 2.05) is 24.1 Å². The van der Waals surface area contributed by atoms with Crippen molar-refractivity contribution in [2.24, 2.45) is 7.05 Å². The molecule has 0 bridgehead atoms. The number of nitrogens with one attached hydrogen (secondary N) is 1. The number of aryl methyl sites for hydroxylation is 2. The van der Waals surface area contributed by atoms with Crippen LogP contribution in [-0.4, -0.2) is 19.6 Å². The number of anilines is 1. The summed E-state index contributed by atoms with van der Waals surface area (Å²) in [7, 11) is 1.93. The first-order chi connectivity index (χ1) is 8.61. The summed E-state index contributed by atoms with van der Waals surface area (Å²) in [5.41, 5.74) is 2.35. The van der Waals surface area contributed by atoms with Gasteiger partial charge in [0.25, 0.3) is 0 Å². The van der Waals surface area contributed by atoms with E-state index in [1.165, 1.54) is 5.69 Å². The molecule has 0 radical (unpaired) electrons. The van der Waals surface area contributed by atoms with Gasteiger partial charge in [-0.1, -0.05) is 6.92 Å². The molecule has 0 spiro atoms. The lowest BCUT2D eigenvalue weighted by Crippen LogP contribution is -2.13. The van der Waals surface area contributed by atoms with Gasteiger partial charge in [0, 0.05) is 31.0 Å². The first kappa shape index (κ1) is 12.7. The van der Waals surface area contributed by atoms with Gasteiger partial charge in [0.2, 0.25) is 0 Å². The Balaban J connectivity index is 2.06. The second-order valence-corrected chi connectivity index (χ2v) is 4.71. The highest BCUT2D eigenvalue weighted by Gasteiger charge is 2.09. The van der Waals surface area contributed by atoms with Gasteiger partial charge in [-0.3, -0.25) is 9.36 Å². The molecular weight excluding hydrogens is 226 g/mol. The van der Waals surface area contributed by atoms with Crippen LogP contribution in [0, 0.1) is 6.92 Å². The smallest absolute Gasteiger partial charge is 0.151 e. The molecule has 0 amide bonds. The summed E-state index contributed by atoms with van der Waals surface area (Å²) in [6.45, 7) is 7.17. The van der Waals surface area contributed by atoms with Crippen molar-refractivity contribution in [2.45, 2.75) is 39.8 Å². The molecule has 1 atom stereocenters. The number of aromatic nitrogens is 4. The lowest BCUT2D eigenvalue weighted by atomic mass is 10.2. The maximum Gasteiger partial charge on any atom is 0.151 e. The number of hydrogen-bond acceptors (Lipinski definition) is 3. The normalized spacial score (nSPS) is 12.7. The van der Waals surface area contributed by atoms with Gasteiger partial charge in [-0.15, -0.1) is 0 Å². The largest absolute Gasteiger partial charge is 0.363 e. The average molecular weight is 247 g/mol. The van der Waals surface area contributed by atoms with Gasteiger partial charge in [0.05, 0.1) is 12.2 Å². The van der Waals surface area contributed by atoms with Crippen LogP contribution in [0.15, 0.2) is 18.5 Å². The third-order valence-electron chi connectivity index (χ3n) is 3.21. The maximum atomic E-state index is 4.38. The van der Waals surface area contributed by atoms with E-state index in [1.54, 1.807) is 0 Å². The van der Waals surface area contributed by atoms with Crippen LogP contribution in [0.5, 0.6) is 0 Å². The molecule has 0 aliphatic heterocycles. The van der Waals surface area contributed by atoms with Gasteiger partial charge in [-0.2, -0.15) is 10.2 Å². The van der Waals surface area contributed by atoms with Crippen molar-refractivity contribution < 1.29 is 0 Å². The highest BCUT2D eigenvalue weighted by Crippen LogP contribution is 2.15. The van der Waals surface area contributed by atoms with E-state index in [-0.39, 0.29) is 0 Å². The molecule has 2 heterocycles. The Morgan fingerprint density at radius 2 is 2.22 bits per heavy atom. The van der Waals surface area contributed by atoms with Crippen LogP contribution in [0.3, 0.4) is 0 Å². The highest BCUT2D eigenvalue weighted by atomic mass is 15.3. The highest BCUT2D eigenvalue weighted by molar-refractivity contribution is 5.41. The fourth-order valence-electron chi connectivity index (χ4n) is 2.01. The molecule has 2 rings (SSSR count). The van der Waals surface area contributed by atoms with E-state index < -0.39 is 0 Å². The minimum atomic E-state index is 0.432. The molecule has 0 aliphatic rings. The van der Waals surface area contributed by atoms with Crippen molar-refractivity contribution in [3.05, 3.63) is 29.7 Å². The third kappa shape index (κ3) is 2.55. The van der Waals surface area contributed by atoms with Crippen molar-refractivity contribution >= 4 is 5.82 Å². The van der Waals surface area contributed by atoms with Crippen molar-refractivity contribution in [1.82, 2.24) is 19.6 Å². The van der Waals surface area contributed by atoms with E-state index in [2.05, 4.69) is 47.0 Å². The molecule has 5 heteroatoms. The first-order valence-electron chi connectivity index (χ1n) is 6.38. The summed E-state index contributed by atoms with van der Waals surface area (Å²) in [6.07, 6.45) is 4.94. The van der Waals surface area contributed by atoms with Crippen LogP contribution in [0.2, 0.25) is 0 Å². The molecule has 2 aromatic heterocycles. The Hall–Kier alpha value is -1.78. The summed E-state index contributed by atoms with van der Waals surface area (Å²) >= 11 is 0. The minimum Gasteiger partial charge on any atom is -0.363 e. The monoisotopic (exact) mass is 247 g/mol. The molecule has 18 heavy (non-hydrogen) atoms. The lowest BCUT2D eigenvalue weighted by molar-refractivity contribution is 0.462. The molecule has 0 fully saturated rings. The van der Waals surface area contributed by atoms with Gasteiger partial charge in [-0.05, 0) is 26.3 Å². The van der Waals surface area contributed by atoms with Gasteiger partial charge < -0.3 is 5.32 Å². The lowest BCUT2D eigenvalue weighted by Gasteiger charge is -2.14. The third-order valence-corrected chi connectivity index (χ3v) is 3.21. The fraction of sp³-hybridized carbons (Fsp3) is 0.538. The molecule has 0 saturated heterocycles. The fourth-order valence-corrected chi connectivity index (χ4v) is 2.01. The summed E-state index contributed by atoms with van der Waals surface area (Å²) in [4.78, 5) is 0. The second kappa shape index (κ2) is 5.25. The van der Waals surface area contributed by atoms with E-state index in [4.69, 9.17) is 0 Å². The van der Waals surface area contributed by atoms with Gasteiger partial charge in [-0.25, -0.2) is 0 Å². The van der Waals surface area contributed by atoms with Gasteiger partial charge in [0.1, 0.15) is 0 Å². The second-order valence-electron chi connectivity index (χ2n) is 4.71. The van der Waals surface area contributed by atoms with Crippen LogP contribution < -0.4 is 5.32 Å². The van der Waals surface area contributed by atoms with Crippen molar-refractivity contribution in [2.75, 3.05) is 5.32 Å². The van der Waals surface area contributed by atoms with Crippen molar-refractivity contribution in [3.8, 4) is 0 Å². The Bertz CT molecular complexity index is 511. The van der Waals surface area contributed by atoms with E-state index in [9.17, 15) is 0 Å². The van der Waals surface area contributed by atoms with Crippen molar-refractivity contribution in [3.63, 3.8) is 0 Å². The predicted molar refractivity (Wildman–Crippen MR) is 72.5 cm³/mol. The summed E-state index contributed by atoms with van der Waals surface area (Å²) in [5.74, 6) is 0.939. The summed E-state index contributed by atoms with van der Waals surface area (Å²) in [5, 5.41) is 12.1. The van der Waals surface area contributed by atoms with Crippen LogP contribution >= 0.6 is 0 Å². The van der Waals surface area contributed by atoms with Gasteiger partial charge in [0.15, 0.2) is 5.82 Å². The number of hydrogen-bond donors (Lipinski definition) is 1. The van der Waals surface area contributed by atoms with Gasteiger partial charge >= 0.3 is 0 Å². The average Bonchev–Trinajstić information content (AvgIpc) is 2.92.